The van der Waals surface area contributed by atoms with Crippen LogP contribution in [-0.4, -0.2) is 13.0 Å². The number of rotatable bonds is 6. The van der Waals surface area contributed by atoms with Crippen LogP contribution in [0.4, 0.5) is 11.4 Å². The summed E-state index contributed by atoms with van der Waals surface area (Å²) in [5.74, 6) is 3.42. The second-order valence-corrected chi connectivity index (χ2v) is 9.40. The van der Waals surface area contributed by atoms with E-state index in [0.717, 1.165) is 54.1 Å². The summed E-state index contributed by atoms with van der Waals surface area (Å²) in [6.45, 7) is 0.703. The molecule has 2 N–H and O–H groups in total. The second kappa shape index (κ2) is 7.40. The van der Waals surface area contributed by atoms with E-state index in [1.807, 2.05) is 36.4 Å². The van der Waals surface area contributed by atoms with E-state index in [9.17, 15) is 4.79 Å². The van der Waals surface area contributed by atoms with Gasteiger partial charge in [-0.25, -0.2) is 0 Å². The molecule has 0 saturated heterocycles. The molecule has 4 saturated carbocycles. The number of hydrogen-bond donors (Lipinski definition) is 2. The Bertz CT molecular complexity index is 855. The number of para-hydroxylation sites is 2. The fraction of sp³-hybridized carbons (Fsp3) is 0.480. The second-order valence-electron chi connectivity index (χ2n) is 9.40. The number of benzene rings is 2. The summed E-state index contributed by atoms with van der Waals surface area (Å²) in [5.41, 5.74) is 2.91. The third kappa shape index (κ3) is 3.61. The fourth-order valence-electron chi connectivity index (χ4n) is 6.33. The molecule has 4 aliphatic rings. The lowest BCUT2D eigenvalue weighted by atomic mass is 9.49. The Morgan fingerprint density at radius 1 is 0.931 bits per heavy atom. The zero-order valence-electron chi connectivity index (χ0n) is 17.1. The SMILES string of the molecule is COc1ccc(CNc2ccccc2NC(=O)C23CC4CC(CC(C4)C2)C3)cc1. The maximum Gasteiger partial charge on any atom is 0.230 e. The highest BCUT2D eigenvalue weighted by molar-refractivity contribution is 5.98. The lowest BCUT2D eigenvalue weighted by Crippen LogP contribution is -2.51. The highest BCUT2D eigenvalue weighted by Crippen LogP contribution is 2.60. The van der Waals surface area contributed by atoms with Crippen molar-refractivity contribution in [3.8, 4) is 5.75 Å². The number of carbonyl (C=O) groups excluding carboxylic acids is 1. The van der Waals surface area contributed by atoms with E-state index < -0.39 is 0 Å². The van der Waals surface area contributed by atoms with Gasteiger partial charge in [-0.1, -0.05) is 24.3 Å². The summed E-state index contributed by atoms with van der Waals surface area (Å²) in [6, 6.07) is 16.1. The third-order valence-electron chi connectivity index (χ3n) is 7.34. The lowest BCUT2D eigenvalue weighted by molar-refractivity contribution is -0.140. The molecule has 6 rings (SSSR count). The predicted octanol–water partition coefficient (Wildman–Crippen LogP) is 5.46. The summed E-state index contributed by atoms with van der Waals surface area (Å²) < 4.78 is 5.23. The normalized spacial score (nSPS) is 29.5. The minimum absolute atomic E-state index is 0.127. The van der Waals surface area contributed by atoms with Gasteiger partial charge in [0, 0.05) is 6.54 Å². The van der Waals surface area contributed by atoms with Crippen LogP contribution in [-0.2, 0) is 11.3 Å². The maximum atomic E-state index is 13.4. The van der Waals surface area contributed by atoms with Crippen molar-refractivity contribution < 1.29 is 9.53 Å². The van der Waals surface area contributed by atoms with Crippen molar-refractivity contribution in [3.05, 3.63) is 54.1 Å². The minimum atomic E-state index is -0.127. The number of anilines is 2. The molecule has 0 aromatic heterocycles. The number of carbonyl (C=O) groups is 1. The molecule has 152 valence electrons. The third-order valence-corrected chi connectivity index (χ3v) is 7.34. The van der Waals surface area contributed by atoms with Crippen LogP contribution >= 0.6 is 0 Å². The quantitative estimate of drug-likeness (QED) is 0.688. The van der Waals surface area contributed by atoms with E-state index in [4.69, 9.17) is 4.74 Å². The molecule has 2 aromatic carbocycles. The average Bonchev–Trinajstić information content (AvgIpc) is 2.72. The molecular weight excluding hydrogens is 360 g/mol. The topological polar surface area (TPSA) is 50.4 Å². The summed E-state index contributed by atoms with van der Waals surface area (Å²) >= 11 is 0. The molecule has 4 bridgehead atoms. The van der Waals surface area contributed by atoms with Crippen molar-refractivity contribution in [1.82, 2.24) is 0 Å². The van der Waals surface area contributed by atoms with Gasteiger partial charge in [-0.3, -0.25) is 4.79 Å². The highest BCUT2D eigenvalue weighted by atomic mass is 16.5. The van der Waals surface area contributed by atoms with Crippen molar-refractivity contribution >= 4 is 17.3 Å². The van der Waals surface area contributed by atoms with Crippen LogP contribution in [0.15, 0.2) is 48.5 Å². The number of hydrogen-bond acceptors (Lipinski definition) is 3. The molecule has 4 nitrogen and oxygen atoms in total. The van der Waals surface area contributed by atoms with Crippen molar-refractivity contribution in [1.29, 1.82) is 0 Å². The van der Waals surface area contributed by atoms with E-state index in [-0.39, 0.29) is 11.3 Å². The lowest BCUT2D eigenvalue weighted by Gasteiger charge is -2.55. The Morgan fingerprint density at radius 3 is 2.10 bits per heavy atom. The molecule has 0 unspecified atom stereocenters. The van der Waals surface area contributed by atoms with Crippen molar-refractivity contribution in [2.45, 2.75) is 45.1 Å². The molecule has 0 heterocycles. The Balaban J connectivity index is 1.28. The van der Waals surface area contributed by atoms with Crippen molar-refractivity contribution in [3.63, 3.8) is 0 Å². The van der Waals surface area contributed by atoms with Crippen LogP contribution in [0.1, 0.15) is 44.1 Å². The molecule has 0 radical (unpaired) electrons. The largest absolute Gasteiger partial charge is 0.497 e. The molecule has 4 heteroatoms. The fourth-order valence-corrected chi connectivity index (χ4v) is 6.33. The van der Waals surface area contributed by atoms with Gasteiger partial charge in [-0.2, -0.15) is 0 Å². The molecule has 2 aromatic rings. The smallest absolute Gasteiger partial charge is 0.230 e. The van der Waals surface area contributed by atoms with Crippen LogP contribution in [0.3, 0.4) is 0 Å². The molecular formula is C25H30N2O2. The number of ether oxygens (including phenoxy) is 1. The van der Waals surface area contributed by atoms with Gasteiger partial charge in [-0.05, 0) is 86.1 Å². The number of nitrogens with one attached hydrogen (secondary N) is 2. The van der Waals surface area contributed by atoms with Crippen LogP contribution in [0.25, 0.3) is 0 Å². The molecule has 0 aliphatic heterocycles. The minimum Gasteiger partial charge on any atom is -0.497 e. The van der Waals surface area contributed by atoms with Gasteiger partial charge >= 0.3 is 0 Å². The Labute approximate surface area is 173 Å². The van der Waals surface area contributed by atoms with Gasteiger partial charge < -0.3 is 15.4 Å². The van der Waals surface area contributed by atoms with Gasteiger partial charge in [0.05, 0.1) is 23.9 Å². The van der Waals surface area contributed by atoms with E-state index in [1.165, 1.54) is 24.8 Å². The molecule has 4 fully saturated rings. The molecule has 4 aliphatic carbocycles. The molecule has 29 heavy (non-hydrogen) atoms. The maximum absolute atomic E-state index is 13.4. The van der Waals surface area contributed by atoms with Gasteiger partial charge in [0.2, 0.25) is 5.91 Å². The molecule has 0 atom stereocenters. The van der Waals surface area contributed by atoms with E-state index >= 15 is 0 Å². The van der Waals surface area contributed by atoms with Crippen LogP contribution < -0.4 is 15.4 Å². The summed E-state index contributed by atoms with van der Waals surface area (Å²) in [4.78, 5) is 13.4. The standard InChI is InChI=1S/C25H30N2O2/c1-29-21-8-6-17(7-9-21)16-26-22-4-2-3-5-23(22)27-24(28)25-13-18-10-19(14-25)12-20(11-18)15-25/h2-9,18-20,26H,10-16H2,1H3,(H,27,28). The zero-order chi connectivity index (χ0) is 19.8. The van der Waals surface area contributed by atoms with Crippen molar-refractivity contribution in [2.24, 2.45) is 23.2 Å². The van der Waals surface area contributed by atoms with Gasteiger partial charge in [0.15, 0.2) is 0 Å². The summed E-state index contributed by atoms with van der Waals surface area (Å²) in [7, 11) is 1.68. The van der Waals surface area contributed by atoms with Crippen molar-refractivity contribution in [2.75, 3.05) is 17.7 Å². The van der Waals surface area contributed by atoms with Gasteiger partial charge in [-0.15, -0.1) is 0 Å². The van der Waals surface area contributed by atoms with Crippen LogP contribution in [0, 0.1) is 23.2 Å². The average molecular weight is 391 g/mol. The van der Waals surface area contributed by atoms with Gasteiger partial charge in [0.25, 0.3) is 0 Å². The van der Waals surface area contributed by atoms with Gasteiger partial charge in [0.1, 0.15) is 5.75 Å². The monoisotopic (exact) mass is 390 g/mol. The van der Waals surface area contributed by atoms with Crippen LogP contribution in [0.2, 0.25) is 0 Å². The predicted molar refractivity (Wildman–Crippen MR) is 116 cm³/mol. The first-order valence-corrected chi connectivity index (χ1v) is 10.9. The molecule has 1 amide bonds. The Kier molecular flexibility index (Phi) is 4.73. The summed E-state index contributed by atoms with van der Waals surface area (Å²) in [6.07, 6.45) is 7.33. The highest BCUT2D eigenvalue weighted by Gasteiger charge is 2.54. The number of amides is 1. The first-order valence-electron chi connectivity index (χ1n) is 10.9. The molecule has 0 spiro atoms. The first kappa shape index (κ1) is 18.5. The number of methoxy groups -OCH3 is 1. The Hall–Kier alpha value is -2.49. The first-order chi connectivity index (χ1) is 14.1. The summed E-state index contributed by atoms with van der Waals surface area (Å²) in [5, 5.41) is 6.79. The van der Waals surface area contributed by atoms with E-state index in [1.54, 1.807) is 7.11 Å². The van der Waals surface area contributed by atoms with E-state index in [2.05, 4.69) is 22.8 Å². The van der Waals surface area contributed by atoms with Crippen LogP contribution in [0.5, 0.6) is 5.75 Å². The van der Waals surface area contributed by atoms with E-state index in [0.29, 0.717) is 6.54 Å². The zero-order valence-corrected chi connectivity index (χ0v) is 17.1. The Morgan fingerprint density at radius 2 is 1.52 bits per heavy atom.